The van der Waals surface area contributed by atoms with Crippen molar-refractivity contribution in [2.75, 3.05) is 33.0 Å². The van der Waals surface area contributed by atoms with Gasteiger partial charge in [0.25, 0.3) is 0 Å². The van der Waals surface area contributed by atoms with Crippen LogP contribution in [0.2, 0.25) is 0 Å². The minimum absolute atomic E-state index is 0.277. The third-order valence-electron chi connectivity index (χ3n) is 2.71. The first-order valence-electron chi connectivity index (χ1n) is 7.35. The highest BCUT2D eigenvalue weighted by molar-refractivity contribution is 4.58. The van der Waals surface area contributed by atoms with Crippen molar-refractivity contribution in [3.05, 3.63) is 0 Å². The number of unbranched alkanes of at least 4 members (excludes halogenated alkanes) is 2. The first kappa shape index (κ1) is 18.8. The molecule has 0 saturated carbocycles. The van der Waals surface area contributed by atoms with E-state index in [-0.39, 0.29) is 6.61 Å². The molecule has 0 amide bonds. The molecular formula is C14H30O5. The Kier molecular flexibility index (Phi) is 14.1. The fourth-order valence-corrected chi connectivity index (χ4v) is 1.46. The van der Waals surface area contributed by atoms with Crippen molar-refractivity contribution in [2.24, 2.45) is 0 Å². The van der Waals surface area contributed by atoms with Crippen LogP contribution in [0.3, 0.4) is 0 Å². The van der Waals surface area contributed by atoms with Crippen LogP contribution >= 0.6 is 0 Å². The number of ether oxygens (including phenoxy) is 3. The molecule has 0 aliphatic carbocycles. The molecule has 0 aliphatic rings. The van der Waals surface area contributed by atoms with Gasteiger partial charge in [0.2, 0.25) is 0 Å². The number of rotatable bonds is 14. The average Bonchev–Trinajstić information content (AvgIpc) is 2.42. The van der Waals surface area contributed by atoms with Crippen LogP contribution in [0, 0.1) is 0 Å². The van der Waals surface area contributed by atoms with E-state index in [1.165, 1.54) is 0 Å². The molecule has 0 aromatic rings. The lowest BCUT2D eigenvalue weighted by Gasteiger charge is -2.17. The fraction of sp³-hybridized carbons (Fsp3) is 1.00. The Bertz CT molecular complexity index is 177. The molecule has 0 spiro atoms. The molecular weight excluding hydrogens is 248 g/mol. The average molecular weight is 278 g/mol. The third kappa shape index (κ3) is 12.6. The standard InChI is InChI=1S/C14H30O5/c1-3-5-7-13(15)14(16)19-12-11-18-10-9-17-8-6-4-2/h13-16H,3-12H2,1-2H3. The van der Waals surface area contributed by atoms with Crippen LogP contribution in [-0.4, -0.2) is 55.6 Å². The smallest absolute Gasteiger partial charge is 0.180 e. The van der Waals surface area contributed by atoms with Crippen LogP contribution < -0.4 is 0 Å². The maximum absolute atomic E-state index is 9.54. The van der Waals surface area contributed by atoms with Gasteiger partial charge < -0.3 is 24.4 Å². The van der Waals surface area contributed by atoms with Crippen molar-refractivity contribution in [3.63, 3.8) is 0 Å². The molecule has 116 valence electrons. The van der Waals surface area contributed by atoms with Gasteiger partial charge in [-0.25, -0.2) is 0 Å². The van der Waals surface area contributed by atoms with Crippen LogP contribution in [0.1, 0.15) is 46.0 Å². The normalized spacial score (nSPS) is 14.5. The SMILES string of the molecule is CCCCOCCOCCOC(O)C(O)CCCC. The lowest BCUT2D eigenvalue weighted by molar-refractivity contribution is -0.170. The van der Waals surface area contributed by atoms with E-state index in [2.05, 4.69) is 6.92 Å². The summed E-state index contributed by atoms with van der Waals surface area (Å²) in [6.45, 7) is 6.73. The molecule has 2 unspecified atom stereocenters. The minimum Gasteiger partial charge on any atom is -0.388 e. The van der Waals surface area contributed by atoms with Crippen LogP contribution in [0.4, 0.5) is 0 Å². The number of aliphatic hydroxyl groups excluding tert-OH is 2. The van der Waals surface area contributed by atoms with Gasteiger partial charge in [0.15, 0.2) is 6.29 Å². The van der Waals surface area contributed by atoms with Gasteiger partial charge in [0.05, 0.1) is 26.4 Å². The molecule has 0 aromatic heterocycles. The van der Waals surface area contributed by atoms with E-state index in [0.717, 1.165) is 32.3 Å². The zero-order chi connectivity index (χ0) is 14.3. The summed E-state index contributed by atoms with van der Waals surface area (Å²) in [5.41, 5.74) is 0. The number of hydrogen-bond acceptors (Lipinski definition) is 5. The molecule has 0 heterocycles. The highest BCUT2D eigenvalue weighted by Crippen LogP contribution is 2.05. The first-order chi connectivity index (χ1) is 9.22. The van der Waals surface area contributed by atoms with E-state index in [1.54, 1.807) is 0 Å². The highest BCUT2D eigenvalue weighted by Gasteiger charge is 2.15. The van der Waals surface area contributed by atoms with Crippen molar-refractivity contribution < 1.29 is 24.4 Å². The summed E-state index contributed by atoms with van der Waals surface area (Å²) in [5.74, 6) is 0. The quantitative estimate of drug-likeness (QED) is 0.374. The Balaban J connectivity index is 3.24. The Morgan fingerprint density at radius 3 is 2.00 bits per heavy atom. The predicted molar refractivity (Wildman–Crippen MR) is 74.0 cm³/mol. The summed E-state index contributed by atoms with van der Waals surface area (Å²) in [5, 5.41) is 19.0. The molecule has 2 N–H and O–H groups in total. The number of hydrogen-bond donors (Lipinski definition) is 2. The molecule has 2 atom stereocenters. The zero-order valence-corrected chi connectivity index (χ0v) is 12.3. The molecule has 0 saturated heterocycles. The third-order valence-corrected chi connectivity index (χ3v) is 2.71. The lowest BCUT2D eigenvalue weighted by atomic mass is 10.1. The maximum Gasteiger partial charge on any atom is 0.180 e. The van der Waals surface area contributed by atoms with Gasteiger partial charge in [-0.2, -0.15) is 0 Å². The van der Waals surface area contributed by atoms with Crippen LogP contribution in [0.25, 0.3) is 0 Å². The second-order valence-corrected chi connectivity index (χ2v) is 4.55. The lowest BCUT2D eigenvalue weighted by Crippen LogP contribution is -2.30. The van der Waals surface area contributed by atoms with E-state index >= 15 is 0 Å². The fourth-order valence-electron chi connectivity index (χ4n) is 1.46. The molecule has 5 heteroatoms. The van der Waals surface area contributed by atoms with E-state index in [0.29, 0.717) is 26.2 Å². The molecule has 0 bridgehead atoms. The molecule has 0 radical (unpaired) electrons. The summed E-state index contributed by atoms with van der Waals surface area (Å²) in [7, 11) is 0. The predicted octanol–water partition coefficient (Wildman–Crippen LogP) is 1.71. The van der Waals surface area contributed by atoms with Crippen molar-refractivity contribution in [3.8, 4) is 0 Å². The Morgan fingerprint density at radius 1 is 0.789 bits per heavy atom. The molecule has 0 fully saturated rings. The zero-order valence-electron chi connectivity index (χ0n) is 12.3. The van der Waals surface area contributed by atoms with Gasteiger partial charge >= 0.3 is 0 Å². The van der Waals surface area contributed by atoms with Gasteiger partial charge in [-0.15, -0.1) is 0 Å². The van der Waals surface area contributed by atoms with Crippen LogP contribution in [0.15, 0.2) is 0 Å². The first-order valence-corrected chi connectivity index (χ1v) is 7.35. The van der Waals surface area contributed by atoms with Crippen LogP contribution in [-0.2, 0) is 14.2 Å². The molecule has 5 nitrogen and oxygen atoms in total. The topological polar surface area (TPSA) is 68.2 Å². The second kappa shape index (κ2) is 14.2. The van der Waals surface area contributed by atoms with Crippen molar-refractivity contribution in [1.82, 2.24) is 0 Å². The van der Waals surface area contributed by atoms with E-state index in [4.69, 9.17) is 14.2 Å². The van der Waals surface area contributed by atoms with E-state index < -0.39 is 12.4 Å². The Labute approximate surface area is 116 Å². The largest absolute Gasteiger partial charge is 0.388 e. The van der Waals surface area contributed by atoms with Crippen LogP contribution in [0.5, 0.6) is 0 Å². The van der Waals surface area contributed by atoms with Gasteiger partial charge in [0.1, 0.15) is 6.10 Å². The van der Waals surface area contributed by atoms with Gasteiger partial charge in [-0.05, 0) is 12.8 Å². The minimum atomic E-state index is -1.11. The van der Waals surface area contributed by atoms with Crippen molar-refractivity contribution in [1.29, 1.82) is 0 Å². The molecule has 0 aromatic carbocycles. The van der Waals surface area contributed by atoms with Gasteiger partial charge in [-0.3, -0.25) is 0 Å². The summed E-state index contributed by atoms with van der Waals surface area (Å²) in [6, 6.07) is 0. The second-order valence-electron chi connectivity index (χ2n) is 4.55. The summed E-state index contributed by atoms with van der Waals surface area (Å²) < 4.78 is 15.7. The van der Waals surface area contributed by atoms with Crippen molar-refractivity contribution >= 4 is 0 Å². The summed E-state index contributed by atoms with van der Waals surface area (Å²) >= 11 is 0. The Morgan fingerprint density at radius 2 is 1.37 bits per heavy atom. The molecule has 0 aliphatic heterocycles. The summed E-state index contributed by atoms with van der Waals surface area (Å²) in [6.07, 6.45) is 2.72. The van der Waals surface area contributed by atoms with Gasteiger partial charge in [-0.1, -0.05) is 33.1 Å². The monoisotopic (exact) mass is 278 g/mol. The molecule has 0 rings (SSSR count). The summed E-state index contributed by atoms with van der Waals surface area (Å²) in [4.78, 5) is 0. The Hall–Kier alpha value is -0.200. The highest BCUT2D eigenvalue weighted by atomic mass is 16.6. The van der Waals surface area contributed by atoms with E-state index in [1.807, 2.05) is 6.92 Å². The van der Waals surface area contributed by atoms with E-state index in [9.17, 15) is 10.2 Å². The number of aliphatic hydroxyl groups is 2. The molecule has 19 heavy (non-hydrogen) atoms. The van der Waals surface area contributed by atoms with Crippen molar-refractivity contribution in [2.45, 2.75) is 58.3 Å². The maximum atomic E-state index is 9.54. The van der Waals surface area contributed by atoms with Gasteiger partial charge in [0, 0.05) is 6.61 Å².